The number of amides is 1. The van der Waals surface area contributed by atoms with E-state index in [2.05, 4.69) is 10.3 Å². The molecule has 0 fully saturated rings. The van der Waals surface area contributed by atoms with Gasteiger partial charge in [0.15, 0.2) is 6.04 Å². The minimum atomic E-state index is -1.18. The smallest absolute Gasteiger partial charge is 0.408 e. The van der Waals surface area contributed by atoms with Crippen LogP contribution < -0.4 is 5.32 Å². The van der Waals surface area contributed by atoms with Gasteiger partial charge in [-0.05, 0) is 20.8 Å². The van der Waals surface area contributed by atoms with Crippen LogP contribution in [-0.4, -0.2) is 27.8 Å². The first kappa shape index (κ1) is 13.4. The highest BCUT2D eigenvalue weighted by atomic mass is 32.1. The average Bonchev–Trinajstić information content (AvgIpc) is 2.63. The molecule has 0 spiro atoms. The van der Waals surface area contributed by atoms with Crippen LogP contribution in [0, 0.1) is 0 Å². The topological polar surface area (TPSA) is 88.5 Å². The summed E-state index contributed by atoms with van der Waals surface area (Å²) in [6.07, 6.45) is -0.780. The molecular weight excluding hydrogens is 244 g/mol. The van der Waals surface area contributed by atoms with Gasteiger partial charge in [-0.25, -0.2) is 14.6 Å². The SMILES string of the molecule is CC(C)(C)OC(=O)NC(C(=O)O)c1cscn1. The van der Waals surface area contributed by atoms with Crippen molar-refractivity contribution in [2.75, 3.05) is 0 Å². The normalized spacial score (nSPS) is 12.9. The largest absolute Gasteiger partial charge is 0.479 e. The molecule has 1 heterocycles. The lowest BCUT2D eigenvalue weighted by atomic mass is 10.2. The Morgan fingerprint density at radius 3 is 2.59 bits per heavy atom. The van der Waals surface area contributed by atoms with Crippen molar-refractivity contribution >= 4 is 23.4 Å². The highest BCUT2D eigenvalue weighted by Gasteiger charge is 2.26. The third kappa shape index (κ3) is 4.39. The van der Waals surface area contributed by atoms with Gasteiger partial charge in [0.05, 0.1) is 11.2 Å². The second-order valence-electron chi connectivity index (χ2n) is 4.33. The molecule has 0 saturated carbocycles. The predicted octanol–water partition coefficient (Wildman–Crippen LogP) is 1.79. The number of aliphatic carboxylic acids is 1. The zero-order valence-electron chi connectivity index (χ0n) is 9.76. The number of nitrogens with zero attached hydrogens (tertiary/aromatic N) is 1. The van der Waals surface area contributed by atoms with Gasteiger partial charge < -0.3 is 15.2 Å². The zero-order valence-corrected chi connectivity index (χ0v) is 10.6. The van der Waals surface area contributed by atoms with Crippen molar-refractivity contribution in [3.8, 4) is 0 Å². The van der Waals surface area contributed by atoms with Crippen molar-refractivity contribution in [1.29, 1.82) is 0 Å². The lowest BCUT2D eigenvalue weighted by Gasteiger charge is -2.21. The molecule has 0 aliphatic carbocycles. The summed E-state index contributed by atoms with van der Waals surface area (Å²) in [5.41, 5.74) is 1.12. The number of hydrogen-bond donors (Lipinski definition) is 2. The monoisotopic (exact) mass is 258 g/mol. The summed E-state index contributed by atoms with van der Waals surface area (Å²) in [6, 6.07) is -1.18. The minimum Gasteiger partial charge on any atom is -0.479 e. The van der Waals surface area contributed by atoms with Crippen molar-refractivity contribution in [3.05, 3.63) is 16.6 Å². The van der Waals surface area contributed by atoms with Gasteiger partial charge >= 0.3 is 12.1 Å². The van der Waals surface area contributed by atoms with Crippen LogP contribution in [0.3, 0.4) is 0 Å². The average molecular weight is 258 g/mol. The van der Waals surface area contributed by atoms with E-state index >= 15 is 0 Å². The number of ether oxygens (including phenoxy) is 1. The summed E-state index contributed by atoms with van der Waals surface area (Å²) in [7, 11) is 0. The van der Waals surface area contributed by atoms with E-state index in [0.717, 1.165) is 0 Å². The van der Waals surface area contributed by atoms with Crippen LogP contribution in [0.2, 0.25) is 0 Å². The molecule has 0 aliphatic rings. The molecule has 0 radical (unpaired) electrons. The number of hydrogen-bond acceptors (Lipinski definition) is 5. The first-order chi connectivity index (χ1) is 7.79. The molecule has 1 unspecified atom stereocenters. The number of carbonyl (C=O) groups is 2. The Hall–Kier alpha value is -1.63. The van der Waals surface area contributed by atoms with Crippen molar-refractivity contribution in [2.45, 2.75) is 32.4 Å². The summed E-state index contributed by atoms with van der Waals surface area (Å²) >= 11 is 1.26. The summed E-state index contributed by atoms with van der Waals surface area (Å²) in [4.78, 5) is 26.3. The predicted molar refractivity (Wildman–Crippen MR) is 61.9 cm³/mol. The maximum Gasteiger partial charge on any atom is 0.408 e. The fourth-order valence-electron chi connectivity index (χ4n) is 1.05. The van der Waals surface area contributed by atoms with E-state index in [1.807, 2.05) is 0 Å². The molecule has 1 rings (SSSR count). The fourth-order valence-corrected chi connectivity index (χ4v) is 1.63. The van der Waals surface area contributed by atoms with Gasteiger partial charge in [-0.3, -0.25) is 0 Å². The minimum absolute atomic E-state index is 0.286. The number of thiazole rings is 1. The Labute approximate surface area is 103 Å². The maximum atomic E-state index is 11.4. The number of rotatable bonds is 3. The molecule has 1 atom stereocenters. The second-order valence-corrected chi connectivity index (χ2v) is 5.05. The fraction of sp³-hybridized carbons (Fsp3) is 0.500. The van der Waals surface area contributed by atoms with E-state index in [4.69, 9.17) is 9.84 Å². The molecular formula is C10H14N2O4S. The molecule has 0 aliphatic heterocycles. The van der Waals surface area contributed by atoms with Crippen molar-refractivity contribution in [2.24, 2.45) is 0 Å². The molecule has 1 aromatic heterocycles. The van der Waals surface area contributed by atoms with Gasteiger partial charge in [0.1, 0.15) is 5.60 Å². The van der Waals surface area contributed by atoms with Gasteiger partial charge in [0.25, 0.3) is 0 Å². The number of aromatic nitrogens is 1. The van der Waals surface area contributed by atoms with Crippen LogP contribution in [-0.2, 0) is 9.53 Å². The molecule has 7 heteroatoms. The first-order valence-corrected chi connectivity index (χ1v) is 5.84. The van der Waals surface area contributed by atoms with Gasteiger partial charge in [-0.1, -0.05) is 0 Å². The van der Waals surface area contributed by atoms with E-state index < -0.39 is 23.7 Å². The summed E-state index contributed by atoms with van der Waals surface area (Å²) < 4.78 is 4.98. The molecule has 2 N–H and O–H groups in total. The molecule has 0 aromatic carbocycles. The third-order valence-electron chi connectivity index (χ3n) is 1.66. The maximum absolute atomic E-state index is 11.4. The summed E-state index contributed by atoms with van der Waals surface area (Å²) in [5.74, 6) is -1.18. The van der Waals surface area contributed by atoms with Crippen LogP contribution in [0.25, 0.3) is 0 Å². The van der Waals surface area contributed by atoms with E-state index in [1.54, 1.807) is 26.2 Å². The van der Waals surface area contributed by atoms with Gasteiger partial charge in [0.2, 0.25) is 0 Å². The molecule has 1 amide bonds. The van der Waals surface area contributed by atoms with Gasteiger partial charge in [-0.15, -0.1) is 11.3 Å². The van der Waals surface area contributed by atoms with Crippen molar-refractivity contribution < 1.29 is 19.4 Å². The van der Waals surface area contributed by atoms with Gasteiger partial charge in [0, 0.05) is 5.38 Å². The number of alkyl carbamates (subject to hydrolysis) is 1. The standard InChI is InChI=1S/C10H14N2O4S/c1-10(2,3)16-9(15)12-7(8(13)14)6-4-17-5-11-6/h4-5,7H,1-3H3,(H,12,15)(H,13,14). The second kappa shape index (κ2) is 5.13. The Bertz CT molecular complexity index is 397. The molecule has 1 aromatic rings. The van der Waals surface area contributed by atoms with Crippen LogP contribution in [0.4, 0.5) is 4.79 Å². The van der Waals surface area contributed by atoms with E-state index in [0.29, 0.717) is 0 Å². The lowest BCUT2D eigenvalue weighted by Crippen LogP contribution is -2.38. The van der Waals surface area contributed by atoms with Crippen molar-refractivity contribution in [1.82, 2.24) is 10.3 Å². The Morgan fingerprint density at radius 2 is 2.18 bits per heavy atom. The Balaban J connectivity index is 2.69. The molecule has 0 saturated heterocycles. The van der Waals surface area contributed by atoms with Crippen molar-refractivity contribution in [3.63, 3.8) is 0 Å². The summed E-state index contributed by atoms with van der Waals surface area (Å²) in [6.45, 7) is 5.10. The highest BCUT2D eigenvalue weighted by molar-refractivity contribution is 7.07. The Morgan fingerprint density at radius 1 is 1.53 bits per heavy atom. The number of carboxylic acid groups (broad SMARTS) is 1. The first-order valence-electron chi connectivity index (χ1n) is 4.90. The van der Waals surface area contributed by atoms with Crippen LogP contribution >= 0.6 is 11.3 Å². The number of nitrogens with one attached hydrogen (secondary N) is 1. The van der Waals surface area contributed by atoms with E-state index in [1.165, 1.54) is 16.8 Å². The third-order valence-corrected chi connectivity index (χ3v) is 2.26. The molecule has 6 nitrogen and oxygen atoms in total. The number of carboxylic acids is 1. The van der Waals surface area contributed by atoms with Crippen LogP contribution in [0.1, 0.15) is 32.5 Å². The quantitative estimate of drug-likeness (QED) is 0.862. The number of carbonyl (C=O) groups excluding carboxylic acids is 1. The summed E-state index contributed by atoms with van der Waals surface area (Å²) in [5, 5.41) is 12.8. The van der Waals surface area contributed by atoms with Crippen LogP contribution in [0.5, 0.6) is 0 Å². The van der Waals surface area contributed by atoms with E-state index in [-0.39, 0.29) is 5.69 Å². The molecule has 17 heavy (non-hydrogen) atoms. The molecule has 94 valence electrons. The zero-order chi connectivity index (χ0) is 13.1. The molecule has 0 bridgehead atoms. The highest BCUT2D eigenvalue weighted by Crippen LogP contribution is 2.14. The van der Waals surface area contributed by atoms with E-state index in [9.17, 15) is 9.59 Å². The lowest BCUT2D eigenvalue weighted by molar-refractivity contribution is -0.139. The Kier molecular flexibility index (Phi) is 4.06. The van der Waals surface area contributed by atoms with Gasteiger partial charge in [-0.2, -0.15) is 0 Å². The van der Waals surface area contributed by atoms with Crippen LogP contribution in [0.15, 0.2) is 10.9 Å².